The third kappa shape index (κ3) is 4.13. The summed E-state index contributed by atoms with van der Waals surface area (Å²) in [6, 6.07) is 7.07. The second-order valence-electron chi connectivity index (χ2n) is 4.92. The number of nitrogens with one attached hydrogen (secondary N) is 2. The maximum Gasteiger partial charge on any atom is 0.319 e. The van der Waals surface area contributed by atoms with Crippen molar-refractivity contribution < 1.29 is 9.53 Å². The van der Waals surface area contributed by atoms with E-state index in [2.05, 4.69) is 24.5 Å². The largest absolute Gasteiger partial charge is 0.495 e. The molecular weight excluding hydrogens is 254 g/mol. The Morgan fingerprint density at radius 1 is 1.30 bits per heavy atom. The highest BCUT2D eigenvalue weighted by atomic mass is 16.5. The third-order valence-electron chi connectivity index (χ3n) is 3.91. The number of nitrogens with two attached hydrogens (primary N) is 1. The summed E-state index contributed by atoms with van der Waals surface area (Å²) >= 11 is 0. The number of urea groups is 1. The lowest BCUT2D eigenvalue weighted by molar-refractivity contribution is 0.232. The highest BCUT2D eigenvalue weighted by Crippen LogP contribution is 2.24. The van der Waals surface area contributed by atoms with E-state index >= 15 is 0 Å². The van der Waals surface area contributed by atoms with E-state index in [9.17, 15) is 4.79 Å². The van der Waals surface area contributed by atoms with Crippen molar-refractivity contribution in [2.45, 2.75) is 26.7 Å². The number of rotatable bonds is 7. The van der Waals surface area contributed by atoms with Gasteiger partial charge in [0.05, 0.1) is 12.8 Å². The quantitative estimate of drug-likeness (QED) is 0.718. The fourth-order valence-corrected chi connectivity index (χ4v) is 2.04. The number of hydrogen-bond acceptors (Lipinski definition) is 3. The van der Waals surface area contributed by atoms with Gasteiger partial charge in [-0.1, -0.05) is 26.0 Å². The van der Waals surface area contributed by atoms with Crippen molar-refractivity contribution in [3.05, 3.63) is 24.3 Å². The minimum Gasteiger partial charge on any atom is -0.495 e. The molecule has 0 saturated heterocycles. The fourth-order valence-electron chi connectivity index (χ4n) is 2.04. The van der Waals surface area contributed by atoms with Crippen LogP contribution >= 0.6 is 0 Å². The molecule has 20 heavy (non-hydrogen) atoms. The Bertz CT molecular complexity index is 423. The summed E-state index contributed by atoms with van der Waals surface area (Å²) < 4.78 is 5.19. The molecule has 0 fully saturated rings. The number of carbonyl (C=O) groups excluding carboxylic acids is 1. The molecule has 1 rings (SSSR count). The van der Waals surface area contributed by atoms with Crippen LogP contribution in [0.25, 0.3) is 0 Å². The van der Waals surface area contributed by atoms with Crippen LogP contribution in [0.2, 0.25) is 0 Å². The van der Waals surface area contributed by atoms with Gasteiger partial charge in [-0.15, -0.1) is 0 Å². The van der Waals surface area contributed by atoms with E-state index in [1.807, 2.05) is 12.1 Å². The SMILES string of the molecule is CCC(CC)(CN)CNC(=O)Nc1ccccc1OC. The van der Waals surface area contributed by atoms with Gasteiger partial charge in [-0.25, -0.2) is 4.79 Å². The van der Waals surface area contributed by atoms with Crippen LogP contribution in [0.15, 0.2) is 24.3 Å². The Morgan fingerprint density at radius 2 is 1.95 bits per heavy atom. The third-order valence-corrected chi connectivity index (χ3v) is 3.91. The zero-order valence-electron chi connectivity index (χ0n) is 12.5. The molecule has 112 valence electrons. The molecule has 0 atom stereocenters. The zero-order valence-corrected chi connectivity index (χ0v) is 12.5. The second kappa shape index (κ2) is 7.75. The molecule has 1 aromatic carbocycles. The lowest BCUT2D eigenvalue weighted by atomic mass is 9.82. The summed E-state index contributed by atoms with van der Waals surface area (Å²) in [6.45, 7) is 5.32. The Balaban J connectivity index is 2.60. The molecule has 0 spiro atoms. The Labute approximate surface area is 120 Å². The van der Waals surface area contributed by atoms with Gasteiger partial charge in [-0.2, -0.15) is 0 Å². The normalized spacial score (nSPS) is 11.0. The topological polar surface area (TPSA) is 76.4 Å². The molecule has 2 amide bonds. The van der Waals surface area contributed by atoms with E-state index in [0.29, 0.717) is 24.5 Å². The summed E-state index contributed by atoms with van der Waals surface area (Å²) in [5.74, 6) is 0.638. The van der Waals surface area contributed by atoms with Gasteiger partial charge in [0.15, 0.2) is 0 Å². The van der Waals surface area contributed by atoms with Crippen molar-refractivity contribution in [3.63, 3.8) is 0 Å². The monoisotopic (exact) mass is 279 g/mol. The Hall–Kier alpha value is -1.75. The summed E-state index contributed by atoms with van der Waals surface area (Å²) in [4.78, 5) is 12.0. The second-order valence-corrected chi connectivity index (χ2v) is 4.92. The van der Waals surface area contributed by atoms with Crippen molar-refractivity contribution >= 4 is 11.7 Å². The smallest absolute Gasteiger partial charge is 0.319 e. The van der Waals surface area contributed by atoms with E-state index in [-0.39, 0.29) is 11.4 Å². The van der Waals surface area contributed by atoms with Crippen molar-refractivity contribution in [3.8, 4) is 5.75 Å². The van der Waals surface area contributed by atoms with Gasteiger partial charge in [0, 0.05) is 6.54 Å². The van der Waals surface area contributed by atoms with Gasteiger partial charge in [0.2, 0.25) is 0 Å². The van der Waals surface area contributed by atoms with Gasteiger partial charge < -0.3 is 21.1 Å². The summed E-state index contributed by atoms with van der Waals surface area (Å²) in [7, 11) is 1.58. The van der Waals surface area contributed by atoms with Crippen LogP contribution in [0.1, 0.15) is 26.7 Å². The first-order valence-electron chi connectivity index (χ1n) is 6.98. The predicted molar refractivity (Wildman–Crippen MR) is 82.1 cm³/mol. The van der Waals surface area contributed by atoms with Gasteiger partial charge in [-0.3, -0.25) is 0 Å². The maximum absolute atomic E-state index is 12.0. The van der Waals surface area contributed by atoms with Crippen molar-refractivity contribution in [1.29, 1.82) is 0 Å². The van der Waals surface area contributed by atoms with Gasteiger partial charge in [0.25, 0.3) is 0 Å². The molecule has 5 heteroatoms. The molecule has 0 aliphatic rings. The lowest BCUT2D eigenvalue weighted by Crippen LogP contribution is -2.43. The first-order valence-corrected chi connectivity index (χ1v) is 6.98. The number of carbonyl (C=O) groups is 1. The van der Waals surface area contributed by atoms with Crippen LogP contribution in [0.4, 0.5) is 10.5 Å². The van der Waals surface area contributed by atoms with E-state index < -0.39 is 0 Å². The standard InChI is InChI=1S/C15H25N3O2/c1-4-15(5-2,10-16)11-17-14(19)18-12-8-6-7-9-13(12)20-3/h6-9H,4-5,10-11,16H2,1-3H3,(H2,17,18,19). The number of hydrogen-bond donors (Lipinski definition) is 3. The van der Waals surface area contributed by atoms with Crippen LogP contribution in [-0.4, -0.2) is 26.2 Å². The summed E-state index contributed by atoms with van der Waals surface area (Å²) in [6.07, 6.45) is 1.88. The zero-order chi connectivity index (χ0) is 15.0. The Kier molecular flexibility index (Phi) is 6.31. The van der Waals surface area contributed by atoms with Crippen LogP contribution < -0.4 is 21.1 Å². The van der Waals surface area contributed by atoms with E-state index in [1.165, 1.54) is 0 Å². The van der Waals surface area contributed by atoms with Crippen molar-refractivity contribution in [2.75, 3.05) is 25.5 Å². The van der Waals surface area contributed by atoms with Crippen molar-refractivity contribution in [1.82, 2.24) is 5.32 Å². The highest BCUT2D eigenvalue weighted by Gasteiger charge is 2.24. The van der Waals surface area contributed by atoms with E-state index in [0.717, 1.165) is 12.8 Å². The molecule has 0 bridgehead atoms. The van der Waals surface area contributed by atoms with Crippen LogP contribution in [0.5, 0.6) is 5.75 Å². The lowest BCUT2D eigenvalue weighted by Gasteiger charge is -2.30. The molecule has 0 aliphatic heterocycles. The molecule has 0 aromatic heterocycles. The number of benzene rings is 1. The average molecular weight is 279 g/mol. The van der Waals surface area contributed by atoms with Crippen molar-refractivity contribution in [2.24, 2.45) is 11.1 Å². The van der Waals surface area contributed by atoms with E-state index in [4.69, 9.17) is 10.5 Å². The first kappa shape index (κ1) is 16.3. The molecule has 1 aromatic rings. The minimum absolute atomic E-state index is 0.0296. The molecular formula is C15H25N3O2. The van der Waals surface area contributed by atoms with Gasteiger partial charge in [0.1, 0.15) is 5.75 Å². The number of para-hydroxylation sites is 2. The fraction of sp³-hybridized carbons (Fsp3) is 0.533. The molecule has 0 heterocycles. The highest BCUT2D eigenvalue weighted by molar-refractivity contribution is 5.90. The number of amides is 2. The molecule has 0 radical (unpaired) electrons. The molecule has 0 aliphatic carbocycles. The molecule has 0 unspecified atom stereocenters. The maximum atomic E-state index is 12.0. The first-order chi connectivity index (χ1) is 9.60. The molecule has 0 saturated carbocycles. The molecule has 4 N–H and O–H groups in total. The summed E-state index contributed by atoms with van der Waals surface area (Å²) in [5, 5.41) is 5.68. The van der Waals surface area contributed by atoms with Crippen LogP contribution in [-0.2, 0) is 0 Å². The van der Waals surface area contributed by atoms with E-state index in [1.54, 1.807) is 19.2 Å². The molecule has 5 nitrogen and oxygen atoms in total. The van der Waals surface area contributed by atoms with Crippen LogP contribution in [0.3, 0.4) is 0 Å². The number of methoxy groups -OCH3 is 1. The predicted octanol–water partition coefficient (Wildman–Crippen LogP) is 2.58. The number of anilines is 1. The van der Waals surface area contributed by atoms with Gasteiger partial charge >= 0.3 is 6.03 Å². The Morgan fingerprint density at radius 3 is 2.50 bits per heavy atom. The van der Waals surface area contributed by atoms with Gasteiger partial charge in [-0.05, 0) is 36.9 Å². The van der Waals surface area contributed by atoms with Crippen LogP contribution in [0, 0.1) is 5.41 Å². The summed E-state index contributed by atoms with van der Waals surface area (Å²) in [5.41, 5.74) is 6.44. The minimum atomic E-state index is -0.241. The number of ether oxygens (including phenoxy) is 1. The average Bonchev–Trinajstić information content (AvgIpc) is 2.50.